The van der Waals surface area contributed by atoms with E-state index in [0.29, 0.717) is 22.2 Å². The highest BCUT2D eigenvalue weighted by Crippen LogP contribution is 2.26. The lowest BCUT2D eigenvalue weighted by atomic mass is 10.2. The van der Waals surface area contributed by atoms with Crippen LogP contribution in [0.5, 0.6) is 0 Å². The molecule has 0 saturated carbocycles. The number of aliphatic hydroxyl groups excluding tert-OH is 1. The van der Waals surface area contributed by atoms with Crippen LogP contribution >= 0.6 is 23.2 Å². The van der Waals surface area contributed by atoms with Gasteiger partial charge in [0, 0.05) is 28.2 Å². The molecule has 0 radical (unpaired) electrons. The van der Waals surface area contributed by atoms with Gasteiger partial charge in [-0.05, 0) is 31.1 Å². The minimum Gasteiger partial charge on any atom is -0.394 e. The van der Waals surface area contributed by atoms with E-state index in [0.717, 1.165) is 12.8 Å². The van der Waals surface area contributed by atoms with E-state index in [-0.39, 0.29) is 18.6 Å². The van der Waals surface area contributed by atoms with Crippen molar-refractivity contribution in [2.75, 3.05) is 13.2 Å². The molecule has 0 aliphatic carbocycles. The summed E-state index contributed by atoms with van der Waals surface area (Å²) in [4.78, 5) is 13.7. The molecule has 1 fully saturated rings. The molecule has 1 aliphatic rings. The third-order valence-corrected chi connectivity index (χ3v) is 3.92. The normalized spacial score (nSPS) is 19.3. The van der Waals surface area contributed by atoms with E-state index in [4.69, 9.17) is 23.2 Å². The molecule has 0 bridgehead atoms. The summed E-state index contributed by atoms with van der Waals surface area (Å²) in [6, 6.07) is 5.14. The Morgan fingerprint density at radius 2 is 2.11 bits per heavy atom. The number of carbonyl (C=O) groups excluding carboxylic acids is 1. The Labute approximate surface area is 122 Å². The molecule has 1 aromatic rings. The SMILES string of the molecule is O=C(C=Cc1c(Cl)cccc1Cl)N1CCCC1CO. The zero-order valence-corrected chi connectivity index (χ0v) is 11.9. The molecule has 1 N–H and O–H groups in total. The Morgan fingerprint density at radius 3 is 2.74 bits per heavy atom. The maximum atomic E-state index is 12.1. The molecule has 19 heavy (non-hydrogen) atoms. The molecule has 3 nitrogen and oxygen atoms in total. The predicted molar refractivity (Wildman–Crippen MR) is 77.3 cm³/mol. The fraction of sp³-hybridized carbons (Fsp3) is 0.357. The highest BCUT2D eigenvalue weighted by Gasteiger charge is 2.26. The minimum absolute atomic E-state index is 0.00638. The second kappa shape index (κ2) is 6.42. The summed E-state index contributed by atoms with van der Waals surface area (Å²) in [6.45, 7) is 0.692. The second-order valence-corrected chi connectivity index (χ2v) is 5.29. The van der Waals surface area contributed by atoms with E-state index in [1.807, 2.05) is 0 Å². The number of likely N-dealkylation sites (tertiary alicyclic amines) is 1. The molecular formula is C14H15Cl2NO2. The third kappa shape index (κ3) is 3.30. The van der Waals surface area contributed by atoms with Gasteiger partial charge in [0.25, 0.3) is 0 Å². The van der Waals surface area contributed by atoms with E-state index < -0.39 is 0 Å². The Hall–Kier alpha value is -1.03. The van der Waals surface area contributed by atoms with Crippen molar-refractivity contribution in [3.05, 3.63) is 39.9 Å². The van der Waals surface area contributed by atoms with E-state index in [1.165, 1.54) is 6.08 Å². The van der Waals surface area contributed by atoms with Crippen molar-refractivity contribution in [3.63, 3.8) is 0 Å². The largest absolute Gasteiger partial charge is 0.394 e. The van der Waals surface area contributed by atoms with Crippen molar-refractivity contribution in [2.24, 2.45) is 0 Å². The number of benzene rings is 1. The molecule has 102 valence electrons. The average Bonchev–Trinajstić information content (AvgIpc) is 2.86. The van der Waals surface area contributed by atoms with Crippen molar-refractivity contribution >= 4 is 35.2 Å². The second-order valence-electron chi connectivity index (χ2n) is 4.48. The Balaban J connectivity index is 2.12. The van der Waals surface area contributed by atoms with Gasteiger partial charge in [0.15, 0.2) is 0 Å². The minimum atomic E-state index is -0.118. The van der Waals surface area contributed by atoms with Crippen LogP contribution in [-0.2, 0) is 4.79 Å². The van der Waals surface area contributed by atoms with Crippen LogP contribution in [0.25, 0.3) is 6.08 Å². The zero-order valence-electron chi connectivity index (χ0n) is 10.4. The molecule has 1 unspecified atom stereocenters. The Morgan fingerprint density at radius 1 is 1.42 bits per heavy atom. The highest BCUT2D eigenvalue weighted by molar-refractivity contribution is 6.37. The fourth-order valence-electron chi connectivity index (χ4n) is 2.24. The van der Waals surface area contributed by atoms with Crippen molar-refractivity contribution < 1.29 is 9.90 Å². The van der Waals surface area contributed by atoms with Gasteiger partial charge in [0.1, 0.15) is 0 Å². The van der Waals surface area contributed by atoms with Crippen LogP contribution in [0.15, 0.2) is 24.3 Å². The Bertz CT molecular complexity index is 482. The molecule has 1 aliphatic heterocycles. The van der Waals surface area contributed by atoms with Crippen LogP contribution in [0.4, 0.5) is 0 Å². The van der Waals surface area contributed by atoms with Crippen LogP contribution in [-0.4, -0.2) is 35.1 Å². The van der Waals surface area contributed by atoms with Gasteiger partial charge in [-0.3, -0.25) is 4.79 Å². The van der Waals surface area contributed by atoms with Gasteiger partial charge in [0.05, 0.1) is 12.6 Å². The van der Waals surface area contributed by atoms with E-state index in [9.17, 15) is 9.90 Å². The number of nitrogens with zero attached hydrogens (tertiary/aromatic N) is 1. The standard InChI is InChI=1S/C14H15Cl2NO2/c15-12-4-1-5-13(16)11(12)6-7-14(19)17-8-2-3-10(17)9-18/h1,4-7,10,18H,2-3,8-9H2. The molecule has 1 aromatic carbocycles. The summed E-state index contributed by atoms with van der Waals surface area (Å²) in [5.74, 6) is -0.118. The number of halogens is 2. The van der Waals surface area contributed by atoms with Gasteiger partial charge in [-0.25, -0.2) is 0 Å². The van der Waals surface area contributed by atoms with Gasteiger partial charge < -0.3 is 10.0 Å². The highest BCUT2D eigenvalue weighted by atomic mass is 35.5. The summed E-state index contributed by atoms with van der Waals surface area (Å²) >= 11 is 12.1. The van der Waals surface area contributed by atoms with Gasteiger partial charge in [-0.2, -0.15) is 0 Å². The number of hydrogen-bond donors (Lipinski definition) is 1. The van der Waals surface area contributed by atoms with Crippen LogP contribution in [0, 0.1) is 0 Å². The molecule has 0 spiro atoms. The quantitative estimate of drug-likeness (QED) is 0.872. The van der Waals surface area contributed by atoms with Crippen LogP contribution in [0.3, 0.4) is 0 Å². The molecular weight excluding hydrogens is 285 g/mol. The monoisotopic (exact) mass is 299 g/mol. The summed E-state index contributed by atoms with van der Waals surface area (Å²) in [7, 11) is 0. The lowest BCUT2D eigenvalue weighted by Crippen LogP contribution is -2.36. The summed E-state index contributed by atoms with van der Waals surface area (Å²) in [5.41, 5.74) is 0.638. The van der Waals surface area contributed by atoms with Crippen molar-refractivity contribution in [2.45, 2.75) is 18.9 Å². The van der Waals surface area contributed by atoms with E-state index in [1.54, 1.807) is 29.2 Å². The first-order valence-corrected chi connectivity index (χ1v) is 6.92. The number of carbonyl (C=O) groups is 1. The molecule has 1 amide bonds. The van der Waals surface area contributed by atoms with E-state index in [2.05, 4.69) is 0 Å². The number of hydrogen-bond acceptors (Lipinski definition) is 2. The fourth-order valence-corrected chi connectivity index (χ4v) is 2.76. The predicted octanol–water partition coefficient (Wildman–Crippen LogP) is 2.99. The van der Waals surface area contributed by atoms with Crippen LogP contribution in [0.2, 0.25) is 10.0 Å². The lowest BCUT2D eigenvalue weighted by Gasteiger charge is -2.21. The lowest BCUT2D eigenvalue weighted by molar-refractivity contribution is -0.127. The maximum absolute atomic E-state index is 12.1. The van der Waals surface area contributed by atoms with Crippen molar-refractivity contribution in [1.82, 2.24) is 4.90 Å². The Kier molecular flexibility index (Phi) is 4.86. The first kappa shape index (κ1) is 14.4. The maximum Gasteiger partial charge on any atom is 0.246 e. The number of rotatable bonds is 3. The summed E-state index contributed by atoms with van der Waals surface area (Å²) in [5, 5.41) is 10.2. The first-order chi connectivity index (χ1) is 9.13. The molecule has 1 heterocycles. The van der Waals surface area contributed by atoms with E-state index >= 15 is 0 Å². The number of amides is 1. The molecule has 0 aromatic heterocycles. The average molecular weight is 300 g/mol. The smallest absolute Gasteiger partial charge is 0.246 e. The topological polar surface area (TPSA) is 40.5 Å². The van der Waals surface area contributed by atoms with Crippen molar-refractivity contribution in [1.29, 1.82) is 0 Å². The third-order valence-electron chi connectivity index (χ3n) is 3.26. The first-order valence-electron chi connectivity index (χ1n) is 6.17. The molecule has 1 saturated heterocycles. The van der Waals surface area contributed by atoms with Crippen LogP contribution < -0.4 is 0 Å². The number of aliphatic hydroxyl groups is 1. The zero-order chi connectivity index (χ0) is 13.8. The van der Waals surface area contributed by atoms with Gasteiger partial charge in [-0.1, -0.05) is 29.3 Å². The van der Waals surface area contributed by atoms with Crippen LogP contribution in [0.1, 0.15) is 18.4 Å². The van der Waals surface area contributed by atoms with Crippen molar-refractivity contribution in [3.8, 4) is 0 Å². The molecule has 2 rings (SSSR count). The van der Waals surface area contributed by atoms with Gasteiger partial charge >= 0.3 is 0 Å². The van der Waals surface area contributed by atoms with Gasteiger partial charge in [0.2, 0.25) is 5.91 Å². The summed E-state index contributed by atoms with van der Waals surface area (Å²) < 4.78 is 0. The molecule has 1 atom stereocenters. The summed E-state index contributed by atoms with van der Waals surface area (Å²) in [6.07, 6.45) is 4.86. The van der Waals surface area contributed by atoms with Gasteiger partial charge in [-0.15, -0.1) is 0 Å². The molecule has 5 heteroatoms.